The highest BCUT2D eigenvalue weighted by Crippen LogP contribution is 2.74. The van der Waals surface area contributed by atoms with Crippen LogP contribution in [0, 0.1) is 57.3 Å². The number of hydrogen-bond acceptors (Lipinski definition) is 2. The first kappa shape index (κ1) is 24.0. The Bertz CT molecular complexity index is 1060. The van der Waals surface area contributed by atoms with E-state index in [0.29, 0.717) is 22.5 Å². The molecule has 0 aromatic rings. The Balaban J connectivity index is 1.68. The summed E-state index contributed by atoms with van der Waals surface area (Å²) in [5.74, 6) is 0.866. The van der Waals surface area contributed by atoms with E-state index >= 15 is 0 Å². The minimum atomic E-state index is -0.394. The van der Waals surface area contributed by atoms with Crippen LogP contribution in [0.4, 0.5) is 0 Å². The fraction of sp³-hybridized carbons (Fsp3) is 0.774. The number of allylic oxidation sites excluding steroid dienone is 4. The number of carbonyl (C=O) groups is 2. The topological polar surface area (TPSA) is 38.5 Å². The normalized spacial score (nSPS) is 49.5. The minimum absolute atomic E-state index is 0.0114. The first-order valence-corrected chi connectivity index (χ1v) is 13.7. The Hall–Kier alpha value is -1.69. The molecular weight excluding hydrogens is 418 g/mol. The number of Topliss-reactive ketones (excluding diaryl/α,β-unsaturated/α-hetero) is 1. The second-order valence-corrected chi connectivity index (χ2v) is 14.1. The van der Waals surface area contributed by atoms with Crippen LogP contribution < -0.4 is 0 Å². The summed E-state index contributed by atoms with van der Waals surface area (Å²) in [6.45, 7) is 23.9. The van der Waals surface area contributed by atoms with Crippen LogP contribution >= 0.6 is 0 Å². The van der Waals surface area contributed by atoms with Crippen molar-refractivity contribution in [3.05, 3.63) is 34.8 Å². The van der Waals surface area contributed by atoms with Gasteiger partial charge in [-0.1, -0.05) is 66.5 Å². The lowest BCUT2D eigenvalue weighted by Gasteiger charge is -2.69. The third kappa shape index (κ3) is 2.81. The molecule has 0 bridgehead atoms. The first-order chi connectivity index (χ1) is 15.8. The van der Waals surface area contributed by atoms with E-state index in [4.69, 9.17) is 6.57 Å². The van der Waals surface area contributed by atoms with E-state index < -0.39 is 5.41 Å². The van der Waals surface area contributed by atoms with Gasteiger partial charge in [0.1, 0.15) is 0 Å². The standard InChI is InChI=1S/C31H43NO2/c1-9-31-14-12-27(3,4)17-21(31)25-23(33)16-24-28(5)18-22(32-8)26(34)19(2)20(28)10-11-29(24,6)30(25,7)13-15-31/h16,18-21,25H,9-15,17H2,1-7H3/t19-,20-,21-,25-,28-,29+,30+,31+/m0/s1. The van der Waals surface area contributed by atoms with Gasteiger partial charge in [-0.25, -0.2) is 4.85 Å². The Morgan fingerprint density at radius 3 is 2.32 bits per heavy atom. The lowest BCUT2D eigenvalue weighted by molar-refractivity contribution is -0.170. The summed E-state index contributed by atoms with van der Waals surface area (Å²) in [5, 5.41) is 0. The molecular formula is C31H43NO2. The van der Waals surface area contributed by atoms with Crippen LogP contribution in [0.5, 0.6) is 0 Å². The van der Waals surface area contributed by atoms with Gasteiger partial charge in [0.2, 0.25) is 5.70 Å². The summed E-state index contributed by atoms with van der Waals surface area (Å²) in [5.41, 5.74) is 1.55. The molecule has 0 N–H and O–H groups in total. The molecule has 184 valence electrons. The maximum atomic E-state index is 14.2. The molecule has 0 saturated heterocycles. The van der Waals surface area contributed by atoms with Gasteiger partial charge in [-0.3, -0.25) is 4.79 Å². The molecule has 0 radical (unpaired) electrons. The molecule has 0 spiro atoms. The van der Waals surface area contributed by atoms with E-state index in [0.717, 1.165) is 25.7 Å². The van der Waals surface area contributed by atoms with Gasteiger partial charge in [0, 0.05) is 17.3 Å². The minimum Gasteiger partial charge on any atom is -0.308 e. The van der Waals surface area contributed by atoms with Gasteiger partial charge in [-0.05, 0) is 84.5 Å². The van der Waals surface area contributed by atoms with E-state index in [2.05, 4.69) is 46.4 Å². The van der Waals surface area contributed by atoms with Crippen molar-refractivity contribution >= 4 is 11.6 Å². The molecule has 3 saturated carbocycles. The van der Waals surface area contributed by atoms with Gasteiger partial charge in [-0.2, -0.15) is 0 Å². The summed E-state index contributed by atoms with van der Waals surface area (Å²) in [6, 6.07) is 0. The van der Waals surface area contributed by atoms with Crippen LogP contribution in [0.3, 0.4) is 0 Å². The molecule has 0 amide bonds. The molecule has 5 aliphatic rings. The predicted molar refractivity (Wildman–Crippen MR) is 136 cm³/mol. The van der Waals surface area contributed by atoms with Gasteiger partial charge in [0.05, 0.1) is 6.57 Å². The SMILES string of the molecule is [C-]#[N+]C1=C[C@]2(C)C3=CC(=O)[C@@H]4[C@@H]5CC(C)(C)CC[C@]5(CC)CC[C@@]4(C)[C@]3(C)CC[C@H]2[C@H](C)C1=O. The third-order valence-corrected chi connectivity index (χ3v) is 12.4. The summed E-state index contributed by atoms with van der Waals surface area (Å²) < 4.78 is 0. The zero-order valence-corrected chi connectivity index (χ0v) is 22.4. The molecule has 3 heteroatoms. The molecule has 34 heavy (non-hydrogen) atoms. The zero-order chi connectivity index (χ0) is 24.9. The Morgan fingerprint density at radius 2 is 1.68 bits per heavy atom. The van der Waals surface area contributed by atoms with Crippen LogP contribution in [0.15, 0.2) is 23.4 Å². The Kier molecular flexibility index (Phi) is 5.07. The summed E-state index contributed by atoms with van der Waals surface area (Å²) in [7, 11) is 0. The van der Waals surface area contributed by atoms with Crippen LogP contribution in [-0.4, -0.2) is 11.6 Å². The average molecular weight is 462 g/mol. The van der Waals surface area contributed by atoms with Crippen molar-refractivity contribution in [1.82, 2.24) is 0 Å². The zero-order valence-electron chi connectivity index (χ0n) is 22.4. The number of carbonyl (C=O) groups excluding carboxylic acids is 2. The highest BCUT2D eigenvalue weighted by molar-refractivity contribution is 6.01. The van der Waals surface area contributed by atoms with Crippen molar-refractivity contribution in [2.75, 3.05) is 0 Å². The van der Waals surface area contributed by atoms with Crippen molar-refractivity contribution in [1.29, 1.82) is 0 Å². The lowest BCUT2D eigenvalue weighted by atomic mass is 9.34. The number of ketones is 2. The molecule has 0 aromatic carbocycles. The van der Waals surface area contributed by atoms with E-state index in [1.54, 1.807) is 0 Å². The Labute approximate surface area is 206 Å². The highest BCUT2D eigenvalue weighted by Gasteiger charge is 2.68. The van der Waals surface area contributed by atoms with Gasteiger partial charge in [-0.15, -0.1) is 0 Å². The van der Waals surface area contributed by atoms with Gasteiger partial charge >= 0.3 is 0 Å². The first-order valence-electron chi connectivity index (χ1n) is 13.7. The van der Waals surface area contributed by atoms with Gasteiger partial charge < -0.3 is 4.79 Å². The molecule has 3 fully saturated rings. The fourth-order valence-corrected chi connectivity index (χ4v) is 9.95. The van der Waals surface area contributed by atoms with E-state index in [9.17, 15) is 9.59 Å². The van der Waals surface area contributed by atoms with Crippen LogP contribution in [0.1, 0.15) is 99.8 Å². The molecule has 0 aromatic heterocycles. The van der Waals surface area contributed by atoms with Crippen molar-refractivity contribution < 1.29 is 9.59 Å². The van der Waals surface area contributed by atoms with E-state index in [-0.39, 0.29) is 40.1 Å². The number of hydrogen-bond donors (Lipinski definition) is 0. The molecule has 0 heterocycles. The quantitative estimate of drug-likeness (QED) is 0.378. The van der Waals surface area contributed by atoms with Crippen molar-refractivity contribution in [2.45, 2.75) is 99.8 Å². The monoisotopic (exact) mass is 461 g/mol. The number of nitrogens with zero attached hydrogens (tertiary/aromatic N) is 1. The van der Waals surface area contributed by atoms with Gasteiger partial charge in [0.25, 0.3) is 0 Å². The van der Waals surface area contributed by atoms with Crippen molar-refractivity contribution in [2.24, 2.45) is 50.7 Å². The fourth-order valence-electron chi connectivity index (χ4n) is 9.95. The maximum absolute atomic E-state index is 14.2. The van der Waals surface area contributed by atoms with E-state index in [1.807, 2.05) is 19.1 Å². The second kappa shape index (κ2) is 7.18. The number of rotatable bonds is 1. The molecule has 3 nitrogen and oxygen atoms in total. The Morgan fingerprint density at radius 1 is 1.00 bits per heavy atom. The molecule has 0 unspecified atom stereocenters. The molecule has 8 atom stereocenters. The average Bonchev–Trinajstić information content (AvgIpc) is 2.77. The van der Waals surface area contributed by atoms with Crippen LogP contribution in [-0.2, 0) is 9.59 Å². The number of fused-ring (bicyclic) bond motifs is 7. The van der Waals surface area contributed by atoms with Crippen LogP contribution in [0.25, 0.3) is 4.85 Å². The second-order valence-electron chi connectivity index (χ2n) is 14.1. The van der Waals surface area contributed by atoms with Crippen molar-refractivity contribution in [3.8, 4) is 0 Å². The van der Waals surface area contributed by atoms with E-state index in [1.165, 1.54) is 31.3 Å². The summed E-state index contributed by atoms with van der Waals surface area (Å²) in [6.07, 6.45) is 13.2. The largest absolute Gasteiger partial charge is 0.308 e. The summed E-state index contributed by atoms with van der Waals surface area (Å²) in [4.78, 5) is 30.7. The molecule has 5 aliphatic carbocycles. The van der Waals surface area contributed by atoms with Gasteiger partial charge in [0.15, 0.2) is 11.6 Å². The predicted octanol–water partition coefficient (Wildman–Crippen LogP) is 7.58. The lowest BCUT2D eigenvalue weighted by Crippen LogP contribution is -2.64. The third-order valence-electron chi connectivity index (χ3n) is 12.4. The highest BCUT2D eigenvalue weighted by atomic mass is 16.1. The smallest absolute Gasteiger partial charge is 0.226 e. The van der Waals surface area contributed by atoms with Crippen molar-refractivity contribution in [3.63, 3.8) is 0 Å². The maximum Gasteiger partial charge on any atom is 0.226 e. The summed E-state index contributed by atoms with van der Waals surface area (Å²) >= 11 is 0. The van der Waals surface area contributed by atoms with Crippen LogP contribution in [0.2, 0.25) is 0 Å². The molecule has 5 rings (SSSR count). The molecule has 0 aliphatic heterocycles.